The van der Waals surface area contributed by atoms with Crippen LogP contribution in [0.25, 0.3) is 0 Å². The molecule has 0 N–H and O–H groups in total. The topological polar surface area (TPSA) is 60.4 Å². The molecule has 6 nitrogen and oxygen atoms in total. The monoisotopic (exact) mass is 366 g/mol. The highest BCUT2D eigenvalue weighted by atomic mass is 19.4. The molecule has 2 fully saturated rings. The summed E-state index contributed by atoms with van der Waals surface area (Å²) in [7, 11) is 0. The largest absolute Gasteiger partial charge is 0.486 e. The molecule has 0 bridgehead atoms. The number of aromatic nitrogens is 3. The second kappa shape index (κ2) is 6.39. The molecule has 0 saturated carbocycles. The van der Waals surface area contributed by atoms with Crippen LogP contribution in [-0.2, 0) is 10.9 Å². The Hall–Kier alpha value is -2.42. The van der Waals surface area contributed by atoms with Crippen LogP contribution in [0.15, 0.2) is 36.8 Å². The van der Waals surface area contributed by atoms with E-state index >= 15 is 0 Å². The summed E-state index contributed by atoms with van der Waals surface area (Å²) in [6.07, 6.45) is 1.21. The van der Waals surface area contributed by atoms with E-state index in [4.69, 9.17) is 9.47 Å². The molecule has 0 amide bonds. The Morgan fingerprint density at radius 3 is 2.92 bits per heavy atom. The molecule has 138 valence electrons. The lowest BCUT2D eigenvalue weighted by Crippen LogP contribution is -2.34. The maximum atomic E-state index is 12.9. The third-order valence-corrected chi connectivity index (χ3v) is 4.64. The van der Waals surface area contributed by atoms with E-state index in [9.17, 15) is 13.2 Å². The highest BCUT2D eigenvalue weighted by Gasteiger charge is 2.47. The molecule has 4 heterocycles. The van der Waals surface area contributed by atoms with Crippen LogP contribution in [0.3, 0.4) is 0 Å². The first-order valence-electron chi connectivity index (χ1n) is 8.29. The summed E-state index contributed by atoms with van der Waals surface area (Å²) >= 11 is 0. The fourth-order valence-corrected chi connectivity index (χ4v) is 3.45. The number of alkyl halides is 3. The molecule has 4 rings (SSSR count). The van der Waals surface area contributed by atoms with Crippen LogP contribution in [-0.4, -0.2) is 46.4 Å². The van der Waals surface area contributed by atoms with Gasteiger partial charge < -0.3 is 14.4 Å². The molecular weight excluding hydrogens is 349 g/mol. The molecule has 0 aliphatic carbocycles. The first-order chi connectivity index (χ1) is 12.4. The zero-order chi connectivity index (χ0) is 18.2. The van der Waals surface area contributed by atoms with E-state index < -0.39 is 17.5 Å². The number of pyridine rings is 1. The van der Waals surface area contributed by atoms with Crippen molar-refractivity contribution in [3.05, 3.63) is 42.5 Å². The summed E-state index contributed by atoms with van der Waals surface area (Å²) < 4.78 is 50.4. The first-order valence-corrected chi connectivity index (χ1v) is 8.29. The van der Waals surface area contributed by atoms with Crippen LogP contribution < -0.4 is 9.64 Å². The Kier molecular flexibility index (Phi) is 4.18. The lowest BCUT2D eigenvalue weighted by atomic mass is 9.98. The van der Waals surface area contributed by atoms with E-state index in [1.807, 2.05) is 6.07 Å². The predicted molar refractivity (Wildman–Crippen MR) is 85.8 cm³/mol. The predicted octanol–water partition coefficient (Wildman–Crippen LogP) is 2.71. The minimum Gasteiger partial charge on any atom is -0.486 e. The van der Waals surface area contributed by atoms with E-state index in [0.29, 0.717) is 38.3 Å². The summed E-state index contributed by atoms with van der Waals surface area (Å²) in [5, 5.41) is 0. The van der Waals surface area contributed by atoms with Crippen LogP contribution >= 0.6 is 0 Å². The van der Waals surface area contributed by atoms with Gasteiger partial charge in [0.1, 0.15) is 17.5 Å². The number of hydrogen-bond acceptors (Lipinski definition) is 6. The van der Waals surface area contributed by atoms with Crippen LogP contribution in [0.4, 0.5) is 19.1 Å². The van der Waals surface area contributed by atoms with Crippen molar-refractivity contribution in [2.45, 2.75) is 30.7 Å². The maximum Gasteiger partial charge on any atom is 0.433 e. The van der Waals surface area contributed by atoms with Gasteiger partial charge >= 0.3 is 6.18 Å². The van der Waals surface area contributed by atoms with Crippen LogP contribution in [0.5, 0.6) is 5.75 Å². The normalized spacial score (nSPS) is 25.8. The average Bonchev–Trinajstić information content (AvgIpc) is 3.22. The van der Waals surface area contributed by atoms with E-state index in [2.05, 4.69) is 15.0 Å². The molecule has 2 aromatic heterocycles. The highest BCUT2D eigenvalue weighted by Crippen LogP contribution is 2.38. The maximum absolute atomic E-state index is 12.9. The SMILES string of the molecule is FC(F)(F)c1ccnc(N2CC[C@@]3(C[C@H](Oc4cccnc4)CO3)C2)n1. The molecule has 2 saturated heterocycles. The Morgan fingerprint density at radius 2 is 2.15 bits per heavy atom. The Bertz CT molecular complexity index is 774. The summed E-state index contributed by atoms with van der Waals surface area (Å²) in [5.41, 5.74) is -1.38. The van der Waals surface area contributed by atoms with Gasteiger partial charge in [-0.1, -0.05) is 0 Å². The molecule has 2 aliphatic rings. The van der Waals surface area contributed by atoms with Crippen molar-refractivity contribution in [3.8, 4) is 5.75 Å². The third kappa shape index (κ3) is 3.44. The van der Waals surface area contributed by atoms with Gasteiger partial charge in [0.2, 0.25) is 5.95 Å². The lowest BCUT2D eigenvalue weighted by molar-refractivity contribution is -0.141. The summed E-state index contributed by atoms with van der Waals surface area (Å²) in [6.45, 7) is 1.42. The Labute approximate surface area is 148 Å². The summed E-state index contributed by atoms with van der Waals surface area (Å²) in [4.78, 5) is 13.4. The van der Waals surface area contributed by atoms with Crippen molar-refractivity contribution in [3.63, 3.8) is 0 Å². The first kappa shape index (κ1) is 17.0. The van der Waals surface area contributed by atoms with Crippen LogP contribution in [0.1, 0.15) is 18.5 Å². The molecule has 2 aliphatic heterocycles. The fourth-order valence-electron chi connectivity index (χ4n) is 3.45. The standard InChI is InChI=1S/C17H17F3N4O2/c18-17(19,20)14-3-6-22-15(23-14)24-7-4-16(11-24)8-13(10-25-16)26-12-2-1-5-21-9-12/h1-3,5-6,9,13H,4,7-8,10-11H2/t13-,16+/m0/s1. The molecule has 9 heteroatoms. The smallest absolute Gasteiger partial charge is 0.433 e. The number of nitrogens with zero attached hydrogens (tertiary/aromatic N) is 4. The molecule has 2 atom stereocenters. The van der Waals surface area contributed by atoms with Gasteiger partial charge in [0.15, 0.2) is 0 Å². The number of ether oxygens (including phenoxy) is 2. The minimum absolute atomic E-state index is 0.0805. The number of halogens is 3. The second-order valence-corrected chi connectivity index (χ2v) is 6.54. The van der Waals surface area contributed by atoms with Gasteiger partial charge in [-0.2, -0.15) is 13.2 Å². The highest BCUT2D eigenvalue weighted by molar-refractivity contribution is 5.35. The van der Waals surface area contributed by atoms with Gasteiger partial charge in [-0.3, -0.25) is 4.98 Å². The minimum atomic E-state index is -4.48. The third-order valence-electron chi connectivity index (χ3n) is 4.64. The zero-order valence-corrected chi connectivity index (χ0v) is 13.8. The molecule has 26 heavy (non-hydrogen) atoms. The fraction of sp³-hybridized carbons (Fsp3) is 0.471. The van der Waals surface area contributed by atoms with Crippen LogP contribution in [0.2, 0.25) is 0 Å². The molecule has 0 unspecified atom stereocenters. The number of hydrogen-bond donors (Lipinski definition) is 0. The van der Waals surface area contributed by atoms with Gasteiger partial charge in [0.25, 0.3) is 0 Å². The van der Waals surface area contributed by atoms with Gasteiger partial charge in [0.05, 0.1) is 24.9 Å². The van der Waals surface area contributed by atoms with E-state index in [0.717, 1.165) is 12.3 Å². The van der Waals surface area contributed by atoms with Gasteiger partial charge in [0, 0.05) is 25.4 Å². The summed E-state index contributed by atoms with van der Waals surface area (Å²) in [6, 6.07) is 4.50. The lowest BCUT2D eigenvalue weighted by Gasteiger charge is -2.23. The molecule has 2 aromatic rings. The van der Waals surface area contributed by atoms with E-state index in [-0.39, 0.29) is 12.1 Å². The molecular formula is C17H17F3N4O2. The summed E-state index contributed by atoms with van der Waals surface area (Å²) in [5.74, 6) is 0.756. The van der Waals surface area contributed by atoms with Crippen molar-refractivity contribution in [2.75, 3.05) is 24.6 Å². The molecule has 0 aromatic carbocycles. The van der Waals surface area contributed by atoms with Crippen molar-refractivity contribution in [1.82, 2.24) is 15.0 Å². The quantitative estimate of drug-likeness (QED) is 0.833. The van der Waals surface area contributed by atoms with Gasteiger partial charge in [-0.25, -0.2) is 9.97 Å². The van der Waals surface area contributed by atoms with E-state index in [1.54, 1.807) is 23.4 Å². The number of anilines is 1. The molecule has 1 spiro atoms. The Morgan fingerprint density at radius 1 is 1.27 bits per heavy atom. The second-order valence-electron chi connectivity index (χ2n) is 6.54. The Balaban J connectivity index is 1.42. The number of rotatable bonds is 3. The van der Waals surface area contributed by atoms with Crippen molar-refractivity contribution in [2.24, 2.45) is 0 Å². The zero-order valence-electron chi connectivity index (χ0n) is 13.8. The average molecular weight is 366 g/mol. The molecule has 0 radical (unpaired) electrons. The van der Waals surface area contributed by atoms with Crippen molar-refractivity contribution >= 4 is 5.95 Å². The van der Waals surface area contributed by atoms with E-state index in [1.165, 1.54) is 0 Å². The van der Waals surface area contributed by atoms with Crippen molar-refractivity contribution in [1.29, 1.82) is 0 Å². The van der Waals surface area contributed by atoms with Crippen LogP contribution in [0, 0.1) is 0 Å². The van der Waals surface area contributed by atoms with Crippen molar-refractivity contribution < 1.29 is 22.6 Å². The van der Waals surface area contributed by atoms with Gasteiger partial charge in [-0.15, -0.1) is 0 Å². The van der Waals surface area contributed by atoms with Gasteiger partial charge in [-0.05, 0) is 24.6 Å².